The first kappa shape index (κ1) is 11.9. The maximum absolute atomic E-state index is 12.1. The van der Waals surface area contributed by atoms with Gasteiger partial charge in [-0.3, -0.25) is 0 Å². The molecule has 0 radical (unpaired) electrons. The molecule has 0 spiro atoms. The highest BCUT2D eigenvalue weighted by atomic mass is 16.6. The van der Waals surface area contributed by atoms with Gasteiger partial charge in [-0.2, -0.15) is 9.28 Å². The van der Waals surface area contributed by atoms with Crippen molar-refractivity contribution >= 4 is 11.8 Å². The third-order valence-electron chi connectivity index (χ3n) is 3.68. The summed E-state index contributed by atoms with van der Waals surface area (Å²) in [5, 5.41) is 11.8. The van der Waals surface area contributed by atoms with Crippen molar-refractivity contribution in [3.05, 3.63) is 48.3 Å². The van der Waals surface area contributed by atoms with Crippen molar-refractivity contribution in [2.75, 3.05) is 0 Å². The fourth-order valence-corrected chi connectivity index (χ4v) is 2.29. The Morgan fingerprint density at radius 1 is 1.32 bits per heavy atom. The number of hydrogen-bond donors (Lipinski definition) is 1. The molecule has 0 aromatic heterocycles. The summed E-state index contributed by atoms with van der Waals surface area (Å²) in [6.45, 7) is 0.287. The van der Waals surface area contributed by atoms with Crippen LogP contribution in [0, 0.1) is 0 Å². The van der Waals surface area contributed by atoms with Crippen molar-refractivity contribution in [3.8, 4) is 0 Å². The van der Waals surface area contributed by atoms with Gasteiger partial charge in [-0.05, 0) is 5.56 Å². The summed E-state index contributed by atoms with van der Waals surface area (Å²) < 4.78 is 5.51. The van der Waals surface area contributed by atoms with Crippen molar-refractivity contribution in [1.29, 1.82) is 0 Å². The molecule has 19 heavy (non-hydrogen) atoms. The fraction of sp³-hybridized carbons (Fsp3) is 0.286. The van der Waals surface area contributed by atoms with Crippen molar-refractivity contribution < 1.29 is 19.2 Å². The topological polar surface area (TPSA) is 58.9 Å². The van der Waals surface area contributed by atoms with Crippen LogP contribution < -0.4 is 0 Å². The number of carbonyl (C=O) groups excluding carboxylic acids is 1. The quantitative estimate of drug-likeness (QED) is 0.515. The molecule has 1 aliphatic carbocycles. The van der Waals surface area contributed by atoms with E-state index in [-0.39, 0.29) is 23.2 Å². The zero-order valence-corrected chi connectivity index (χ0v) is 10.4. The Morgan fingerprint density at radius 2 is 2.00 bits per heavy atom. The highest BCUT2D eigenvalue weighted by Gasteiger charge is 2.56. The smallest absolute Gasteiger partial charge is 0.415 e. The lowest BCUT2D eigenvalue weighted by Gasteiger charge is -2.31. The van der Waals surface area contributed by atoms with Crippen LogP contribution in [0.25, 0.3) is 0 Å². The van der Waals surface area contributed by atoms with E-state index in [1.807, 2.05) is 42.7 Å². The molecule has 0 bridgehead atoms. The van der Waals surface area contributed by atoms with Crippen molar-refractivity contribution in [2.24, 2.45) is 5.16 Å². The van der Waals surface area contributed by atoms with Crippen molar-refractivity contribution in [3.63, 3.8) is 0 Å². The first-order chi connectivity index (χ1) is 9.24. The Morgan fingerprint density at radius 3 is 2.58 bits per heavy atom. The molecule has 1 aromatic rings. The highest BCUT2D eigenvalue weighted by molar-refractivity contribution is 5.91. The van der Waals surface area contributed by atoms with Gasteiger partial charge in [0.15, 0.2) is 12.4 Å². The molecule has 1 saturated carbocycles. The van der Waals surface area contributed by atoms with Crippen LogP contribution in [-0.4, -0.2) is 27.5 Å². The van der Waals surface area contributed by atoms with Gasteiger partial charge in [-0.15, -0.1) is 0 Å². The third kappa shape index (κ3) is 2.13. The molecular formula is C14H15N2O3+. The molecule has 5 nitrogen and oxygen atoms in total. The molecule has 1 aromatic carbocycles. The molecule has 0 saturated heterocycles. The standard InChI is InChI=1S/C14H14N2O3/c17-14(19-10-11-4-2-1-3-5-11)16(6-7-16)13-8-12(9-13)15-18/h1-7,13H,8-10H2/p+1. The molecule has 1 aliphatic heterocycles. The molecule has 3 rings (SSSR count). The number of rotatable bonds is 3. The van der Waals surface area contributed by atoms with Gasteiger partial charge < -0.3 is 9.94 Å². The summed E-state index contributed by atoms with van der Waals surface area (Å²) in [6, 6.07) is 9.74. The fourth-order valence-electron chi connectivity index (χ4n) is 2.29. The Balaban J connectivity index is 1.56. The number of quaternary nitrogens is 1. The largest absolute Gasteiger partial charge is 0.526 e. The number of nitrogens with zero attached hydrogens (tertiary/aromatic N) is 2. The summed E-state index contributed by atoms with van der Waals surface area (Å²) in [5.74, 6) is 0. The van der Waals surface area contributed by atoms with E-state index >= 15 is 0 Å². The van der Waals surface area contributed by atoms with Crippen LogP contribution in [0.1, 0.15) is 18.4 Å². The van der Waals surface area contributed by atoms with E-state index in [0.29, 0.717) is 12.8 Å². The second-order valence-corrected chi connectivity index (χ2v) is 4.90. The van der Waals surface area contributed by atoms with Gasteiger partial charge in [0.25, 0.3) is 0 Å². The number of ether oxygens (including phenoxy) is 1. The molecule has 0 unspecified atom stereocenters. The molecule has 1 fully saturated rings. The predicted molar refractivity (Wildman–Crippen MR) is 68.3 cm³/mol. The van der Waals surface area contributed by atoms with Gasteiger partial charge in [0.05, 0.1) is 5.71 Å². The number of carbonyl (C=O) groups is 1. The van der Waals surface area contributed by atoms with E-state index in [0.717, 1.165) is 11.3 Å². The van der Waals surface area contributed by atoms with Crippen LogP contribution in [-0.2, 0) is 11.3 Å². The second kappa shape index (κ2) is 4.51. The van der Waals surface area contributed by atoms with E-state index < -0.39 is 0 Å². The Labute approximate surface area is 111 Å². The summed E-state index contributed by atoms with van der Waals surface area (Å²) in [6.07, 6.45) is 4.68. The molecule has 0 atom stereocenters. The van der Waals surface area contributed by atoms with Crippen LogP contribution in [0.2, 0.25) is 0 Å². The predicted octanol–water partition coefficient (Wildman–Crippen LogP) is 2.62. The lowest BCUT2D eigenvalue weighted by atomic mass is 9.89. The summed E-state index contributed by atoms with van der Waals surface area (Å²) in [5.41, 5.74) is 1.72. The summed E-state index contributed by atoms with van der Waals surface area (Å²) in [7, 11) is 0. The van der Waals surface area contributed by atoms with Gasteiger partial charge >= 0.3 is 6.09 Å². The van der Waals surface area contributed by atoms with Gasteiger partial charge in [0.2, 0.25) is 0 Å². The van der Waals surface area contributed by atoms with Crippen LogP contribution in [0.15, 0.2) is 47.9 Å². The maximum atomic E-state index is 12.1. The van der Waals surface area contributed by atoms with Gasteiger partial charge in [-0.1, -0.05) is 35.5 Å². The Bertz CT molecular complexity index is 537. The van der Waals surface area contributed by atoms with E-state index in [2.05, 4.69) is 5.16 Å². The van der Waals surface area contributed by atoms with E-state index in [9.17, 15) is 4.79 Å². The lowest BCUT2D eigenvalue weighted by Crippen LogP contribution is -2.50. The highest BCUT2D eigenvalue weighted by Crippen LogP contribution is 2.39. The van der Waals surface area contributed by atoms with E-state index in [1.165, 1.54) is 0 Å². The molecule has 98 valence electrons. The van der Waals surface area contributed by atoms with Crippen molar-refractivity contribution in [1.82, 2.24) is 0 Å². The Kier molecular flexibility index (Phi) is 2.83. The SMILES string of the molecule is O=C(OCc1ccccc1)[N+]1(C2CC(=NO)C2)C=C1. The summed E-state index contributed by atoms with van der Waals surface area (Å²) in [4.78, 5) is 12.1. The first-order valence-electron chi connectivity index (χ1n) is 6.24. The summed E-state index contributed by atoms with van der Waals surface area (Å²) >= 11 is 0. The monoisotopic (exact) mass is 259 g/mol. The number of oxime groups is 1. The normalized spacial score (nSPS) is 22.5. The van der Waals surface area contributed by atoms with Gasteiger partial charge in [0.1, 0.15) is 12.6 Å². The van der Waals surface area contributed by atoms with Gasteiger partial charge in [-0.25, -0.2) is 0 Å². The maximum Gasteiger partial charge on any atom is 0.526 e. The van der Waals surface area contributed by atoms with Crippen molar-refractivity contribution in [2.45, 2.75) is 25.5 Å². The molecule has 2 aliphatic rings. The van der Waals surface area contributed by atoms with Crippen LogP contribution >= 0.6 is 0 Å². The third-order valence-corrected chi connectivity index (χ3v) is 3.68. The van der Waals surface area contributed by atoms with Crippen LogP contribution in [0.5, 0.6) is 0 Å². The minimum absolute atomic E-state index is 0.133. The number of benzene rings is 1. The molecule has 1 heterocycles. The molecule has 1 amide bonds. The van der Waals surface area contributed by atoms with Crippen LogP contribution in [0.4, 0.5) is 4.79 Å². The minimum Gasteiger partial charge on any atom is -0.415 e. The number of amides is 1. The van der Waals surface area contributed by atoms with Gasteiger partial charge in [0, 0.05) is 12.8 Å². The van der Waals surface area contributed by atoms with Crippen LogP contribution in [0.3, 0.4) is 0 Å². The molecule has 1 N–H and O–H groups in total. The van der Waals surface area contributed by atoms with E-state index in [4.69, 9.17) is 9.94 Å². The minimum atomic E-state index is -0.258. The first-order valence-corrected chi connectivity index (χ1v) is 6.24. The molecular weight excluding hydrogens is 244 g/mol. The zero-order chi connectivity index (χ0) is 13.3. The number of hydrogen-bond acceptors (Lipinski definition) is 4. The lowest BCUT2D eigenvalue weighted by molar-refractivity contribution is -0.723. The average molecular weight is 259 g/mol. The zero-order valence-electron chi connectivity index (χ0n) is 10.4. The Hall–Kier alpha value is -2.14. The second-order valence-electron chi connectivity index (χ2n) is 4.90. The molecule has 5 heteroatoms. The average Bonchev–Trinajstić information content (AvgIpc) is 3.17. The van der Waals surface area contributed by atoms with E-state index in [1.54, 1.807) is 0 Å².